The molecule has 2 N–H and O–H groups in total. The number of hydrogen-bond donors (Lipinski definition) is 1. The lowest BCUT2D eigenvalue weighted by molar-refractivity contribution is 0.0609. The van der Waals surface area contributed by atoms with E-state index in [1.807, 2.05) is 53.6 Å². The van der Waals surface area contributed by atoms with Gasteiger partial charge in [0.1, 0.15) is 11.5 Å². The van der Waals surface area contributed by atoms with Gasteiger partial charge in [-0.1, -0.05) is 67.9 Å². The molecule has 0 saturated carbocycles. The van der Waals surface area contributed by atoms with Crippen molar-refractivity contribution in [2.75, 3.05) is 13.1 Å². The Kier molecular flexibility index (Phi) is 7.77. The van der Waals surface area contributed by atoms with E-state index < -0.39 is 0 Å². The van der Waals surface area contributed by atoms with Crippen LogP contribution in [0.3, 0.4) is 0 Å². The van der Waals surface area contributed by atoms with Crippen LogP contribution < -0.4 is 5.73 Å². The van der Waals surface area contributed by atoms with Gasteiger partial charge in [-0.3, -0.25) is 4.79 Å². The number of nitrogens with two attached hydrogens (primary N) is 1. The van der Waals surface area contributed by atoms with Crippen molar-refractivity contribution in [3.8, 4) is 11.3 Å². The largest absolute Gasteiger partial charge is 0.329 e. The van der Waals surface area contributed by atoms with Gasteiger partial charge in [-0.2, -0.15) is 0 Å². The molecular formula is C26H28ClN5OS. The van der Waals surface area contributed by atoms with Crippen molar-refractivity contribution in [2.45, 2.75) is 26.4 Å². The second-order valence-corrected chi connectivity index (χ2v) is 9.61. The summed E-state index contributed by atoms with van der Waals surface area (Å²) in [5.41, 5.74) is 11.0. The molecule has 2 heterocycles. The minimum atomic E-state index is -0.283. The summed E-state index contributed by atoms with van der Waals surface area (Å²) in [5, 5.41) is 2.43. The van der Waals surface area contributed by atoms with E-state index in [4.69, 9.17) is 22.3 Å². The third-order valence-electron chi connectivity index (χ3n) is 5.64. The predicted octanol–water partition coefficient (Wildman–Crippen LogP) is 5.51. The van der Waals surface area contributed by atoms with Gasteiger partial charge in [0, 0.05) is 41.8 Å². The molecular weight excluding hydrogens is 466 g/mol. The van der Waals surface area contributed by atoms with Crippen LogP contribution in [0.4, 0.5) is 0 Å². The monoisotopic (exact) mass is 493 g/mol. The van der Waals surface area contributed by atoms with Crippen LogP contribution in [-0.4, -0.2) is 38.4 Å². The molecule has 0 fully saturated rings. The summed E-state index contributed by atoms with van der Waals surface area (Å²) < 4.78 is 2.13. The maximum atomic E-state index is 13.5. The maximum Gasteiger partial charge on any atom is 0.273 e. The number of hydrogen-bond acceptors (Lipinski definition) is 5. The van der Waals surface area contributed by atoms with Crippen LogP contribution in [0.25, 0.3) is 11.3 Å². The summed E-state index contributed by atoms with van der Waals surface area (Å²) in [7, 11) is 0. The molecule has 1 amide bonds. The number of carbonyl (C=O) groups is 1. The highest BCUT2D eigenvalue weighted by molar-refractivity contribution is 7.07. The fourth-order valence-corrected chi connectivity index (χ4v) is 4.84. The Hall–Kier alpha value is -3.00. The summed E-state index contributed by atoms with van der Waals surface area (Å²) in [5.74, 6) is 0.771. The Bertz CT molecular complexity index is 1220. The van der Waals surface area contributed by atoms with Gasteiger partial charge < -0.3 is 15.2 Å². The summed E-state index contributed by atoms with van der Waals surface area (Å²) in [6.07, 6.45) is 2.04. The number of imidazole rings is 1. The molecule has 0 aliphatic carbocycles. The standard InChI is InChI=1S/C26H28ClN5OS/c1-18(2)24(32(12-11-28)26(33)23-16-34-17-29-23)25-30-22(20-9-6-10-21(27)13-20)15-31(25)14-19-7-4-3-5-8-19/h3-10,13,15-18,24H,11-12,14,28H2,1-2H3/t24-/m1/s1. The summed E-state index contributed by atoms with van der Waals surface area (Å²) in [6.45, 7) is 5.59. The van der Waals surface area contributed by atoms with Crippen molar-refractivity contribution in [3.63, 3.8) is 0 Å². The van der Waals surface area contributed by atoms with Gasteiger partial charge in [0.15, 0.2) is 0 Å². The van der Waals surface area contributed by atoms with Crippen molar-refractivity contribution < 1.29 is 4.79 Å². The summed E-state index contributed by atoms with van der Waals surface area (Å²) >= 11 is 7.67. The third-order valence-corrected chi connectivity index (χ3v) is 6.46. The van der Waals surface area contributed by atoms with E-state index in [0.717, 1.165) is 22.6 Å². The zero-order chi connectivity index (χ0) is 24.1. The van der Waals surface area contributed by atoms with Gasteiger partial charge in [0.05, 0.1) is 17.2 Å². The molecule has 0 bridgehead atoms. The molecule has 1 atom stereocenters. The molecule has 34 heavy (non-hydrogen) atoms. The SMILES string of the molecule is CC(C)[C@H](c1nc(-c2cccc(Cl)c2)cn1Cc1ccccc1)N(CCN)C(=O)c1cscn1. The fourth-order valence-electron chi connectivity index (χ4n) is 4.13. The first-order chi connectivity index (χ1) is 16.5. The molecule has 0 unspecified atom stereocenters. The third kappa shape index (κ3) is 5.38. The molecule has 2 aromatic heterocycles. The Balaban J connectivity index is 1.82. The average molecular weight is 494 g/mol. The highest BCUT2D eigenvalue weighted by atomic mass is 35.5. The van der Waals surface area contributed by atoms with Gasteiger partial charge in [0.2, 0.25) is 0 Å². The van der Waals surface area contributed by atoms with Crippen molar-refractivity contribution in [1.82, 2.24) is 19.4 Å². The minimum absolute atomic E-state index is 0.0956. The zero-order valence-corrected chi connectivity index (χ0v) is 20.8. The lowest BCUT2D eigenvalue weighted by Crippen LogP contribution is -2.42. The highest BCUT2D eigenvalue weighted by Crippen LogP contribution is 2.32. The lowest BCUT2D eigenvalue weighted by Gasteiger charge is -2.34. The quantitative estimate of drug-likeness (QED) is 0.333. The Morgan fingerprint density at radius 2 is 1.97 bits per heavy atom. The van der Waals surface area contributed by atoms with Gasteiger partial charge in [0.25, 0.3) is 5.91 Å². The number of nitrogens with zero attached hydrogens (tertiary/aromatic N) is 4. The van der Waals surface area contributed by atoms with E-state index in [9.17, 15) is 4.79 Å². The van der Waals surface area contributed by atoms with Crippen LogP contribution in [0.5, 0.6) is 0 Å². The van der Waals surface area contributed by atoms with Crippen molar-refractivity contribution >= 4 is 28.8 Å². The van der Waals surface area contributed by atoms with E-state index in [-0.39, 0.29) is 17.9 Å². The average Bonchev–Trinajstić information content (AvgIpc) is 3.50. The Labute approximate surface area is 209 Å². The van der Waals surface area contributed by atoms with Gasteiger partial charge in [-0.15, -0.1) is 11.3 Å². The summed E-state index contributed by atoms with van der Waals surface area (Å²) in [4.78, 5) is 24.6. The Morgan fingerprint density at radius 3 is 2.62 bits per heavy atom. The second kappa shape index (κ2) is 11.0. The smallest absolute Gasteiger partial charge is 0.273 e. The van der Waals surface area contributed by atoms with E-state index >= 15 is 0 Å². The first-order valence-corrected chi connectivity index (χ1v) is 12.6. The predicted molar refractivity (Wildman–Crippen MR) is 138 cm³/mol. The lowest BCUT2D eigenvalue weighted by atomic mass is 10.0. The number of benzene rings is 2. The topological polar surface area (TPSA) is 77.0 Å². The van der Waals surface area contributed by atoms with Crippen LogP contribution in [0.2, 0.25) is 5.02 Å². The molecule has 8 heteroatoms. The molecule has 4 aromatic rings. The van der Waals surface area contributed by atoms with Crippen LogP contribution in [0.15, 0.2) is 71.7 Å². The normalized spacial score (nSPS) is 12.1. The molecule has 0 saturated heterocycles. The summed E-state index contributed by atoms with van der Waals surface area (Å²) in [6, 6.07) is 17.6. The van der Waals surface area contributed by atoms with E-state index in [0.29, 0.717) is 30.4 Å². The van der Waals surface area contributed by atoms with Crippen molar-refractivity contribution in [3.05, 3.63) is 93.8 Å². The van der Waals surface area contributed by atoms with Crippen LogP contribution in [0.1, 0.15) is 41.8 Å². The van der Waals surface area contributed by atoms with Gasteiger partial charge in [-0.05, 0) is 23.6 Å². The molecule has 0 spiro atoms. The van der Waals surface area contributed by atoms with Crippen molar-refractivity contribution in [2.24, 2.45) is 11.7 Å². The molecule has 0 radical (unpaired) electrons. The zero-order valence-electron chi connectivity index (χ0n) is 19.3. The minimum Gasteiger partial charge on any atom is -0.329 e. The Morgan fingerprint density at radius 1 is 1.18 bits per heavy atom. The number of rotatable bonds is 9. The number of halogens is 1. The van der Waals surface area contributed by atoms with E-state index in [1.165, 1.54) is 11.3 Å². The van der Waals surface area contributed by atoms with E-state index in [1.54, 1.807) is 10.9 Å². The number of thiazole rings is 1. The van der Waals surface area contributed by atoms with E-state index in [2.05, 4.69) is 35.5 Å². The number of carbonyl (C=O) groups excluding carboxylic acids is 1. The van der Waals surface area contributed by atoms with Crippen LogP contribution in [0, 0.1) is 5.92 Å². The fraction of sp³-hybridized carbons (Fsp3) is 0.269. The number of aromatic nitrogens is 3. The van der Waals surface area contributed by atoms with Gasteiger partial charge in [-0.25, -0.2) is 9.97 Å². The van der Waals surface area contributed by atoms with Gasteiger partial charge >= 0.3 is 0 Å². The molecule has 176 valence electrons. The van der Waals surface area contributed by atoms with Crippen LogP contribution >= 0.6 is 22.9 Å². The molecule has 0 aliphatic rings. The first-order valence-electron chi connectivity index (χ1n) is 11.2. The first kappa shape index (κ1) is 24.1. The molecule has 4 rings (SSSR count). The van der Waals surface area contributed by atoms with Crippen LogP contribution in [-0.2, 0) is 6.54 Å². The van der Waals surface area contributed by atoms with Crippen molar-refractivity contribution in [1.29, 1.82) is 0 Å². The molecule has 0 aliphatic heterocycles. The second-order valence-electron chi connectivity index (χ2n) is 8.46. The molecule has 6 nitrogen and oxygen atoms in total. The number of amides is 1. The highest BCUT2D eigenvalue weighted by Gasteiger charge is 2.33. The maximum absolute atomic E-state index is 13.5. The molecule has 2 aromatic carbocycles.